The van der Waals surface area contributed by atoms with E-state index < -0.39 is 15.7 Å². The summed E-state index contributed by atoms with van der Waals surface area (Å²) in [6, 6.07) is 10.3. The van der Waals surface area contributed by atoms with Gasteiger partial charge in [0.15, 0.2) is 0 Å². The summed E-state index contributed by atoms with van der Waals surface area (Å²) in [5.74, 6) is -0.0840. The molecule has 0 N–H and O–H groups in total. The van der Waals surface area contributed by atoms with Gasteiger partial charge in [0.25, 0.3) is 0 Å². The van der Waals surface area contributed by atoms with Crippen LogP contribution in [-0.4, -0.2) is 14.2 Å². The number of rotatable bonds is 5. The Morgan fingerprint density at radius 1 is 1.16 bits per heavy atom. The van der Waals surface area contributed by atoms with Gasteiger partial charge in [0.2, 0.25) is 9.84 Å². The first kappa shape index (κ1) is 17.8. The fourth-order valence-electron chi connectivity index (χ4n) is 3.51. The summed E-state index contributed by atoms with van der Waals surface area (Å²) in [4.78, 5) is 11.4. The van der Waals surface area contributed by atoms with Crippen LogP contribution in [0, 0.1) is 5.82 Å². The lowest BCUT2D eigenvalue weighted by Gasteiger charge is -2.26. The first-order chi connectivity index (χ1) is 11.9. The molecule has 2 aromatic rings. The average molecular weight is 360 g/mol. The fourth-order valence-corrected chi connectivity index (χ4v) is 4.85. The van der Waals surface area contributed by atoms with Gasteiger partial charge in [-0.2, -0.15) is 0 Å². The van der Waals surface area contributed by atoms with Crippen molar-refractivity contribution in [3.63, 3.8) is 0 Å². The summed E-state index contributed by atoms with van der Waals surface area (Å²) in [6.45, 7) is 1.60. The van der Waals surface area contributed by atoms with E-state index in [0.717, 1.165) is 42.9 Å². The smallest absolute Gasteiger partial charge is 0.206 e. The molecule has 0 heterocycles. The van der Waals surface area contributed by atoms with E-state index in [9.17, 15) is 17.6 Å². The molecule has 0 saturated heterocycles. The number of carbonyl (C=O) groups excluding carboxylic acids is 1. The van der Waals surface area contributed by atoms with Crippen LogP contribution in [0.4, 0.5) is 4.39 Å². The Balaban J connectivity index is 1.94. The summed E-state index contributed by atoms with van der Waals surface area (Å²) >= 11 is 0. The average Bonchev–Trinajstić information content (AvgIpc) is 2.59. The number of sulfone groups is 1. The lowest BCUT2D eigenvalue weighted by molar-refractivity contribution is -0.117. The summed E-state index contributed by atoms with van der Waals surface area (Å²) in [6.07, 6.45) is 4.19. The largest absolute Gasteiger partial charge is 0.300 e. The van der Waals surface area contributed by atoms with Gasteiger partial charge in [-0.25, -0.2) is 12.8 Å². The van der Waals surface area contributed by atoms with Crippen molar-refractivity contribution >= 4 is 15.6 Å². The van der Waals surface area contributed by atoms with Gasteiger partial charge in [0.05, 0.1) is 9.79 Å². The highest BCUT2D eigenvalue weighted by Gasteiger charge is 2.24. The van der Waals surface area contributed by atoms with Gasteiger partial charge in [-0.05, 0) is 80.0 Å². The van der Waals surface area contributed by atoms with Crippen LogP contribution in [0.1, 0.15) is 49.7 Å². The maximum atomic E-state index is 13.4. The van der Waals surface area contributed by atoms with Crippen LogP contribution in [0.25, 0.3) is 0 Å². The monoisotopic (exact) mass is 360 g/mol. The Morgan fingerprint density at radius 3 is 2.64 bits per heavy atom. The molecule has 3 nitrogen and oxygen atoms in total. The lowest BCUT2D eigenvalue weighted by atomic mass is 9.80. The molecule has 0 fully saturated rings. The van der Waals surface area contributed by atoms with Crippen LogP contribution in [-0.2, 0) is 21.1 Å². The quantitative estimate of drug-likeness (QED) is 0.792. The highest BCUT2D eigenvalue weighted by molar-refractivity contribution is 7.91. The fraction of sp³-hybridized carbons (Fsp3) is 0.350. The maximum Gasteiger partial charge on any atom is 0.206 e. The van der Waals surface area contributed by atoms with Crippen LogP contribution in [0.2, 0.25) is 0 Å². The third kappa shape index (κ3) is 3.82. The molecule has 132 valence electrons. The van der Waals surface area contributed by atoms with Gasteiger partial charge in [-0.3, -0.25) is 0 Å². The van der Waals surface area contributed by atoms with Crippen LogP contribution in [0.5, 0.6) is 0 Å². The van der Waals surface area contributed by atoms with E-state index >= 15 is 0 Å². The second kappa shape index (κ2) is 7.08. The Labute approximate surface area is 147 Å². The normalized spacial score (nSPS) is 17.1. The predicted molar refractivity (Wildman–Crippen MR) is 93.9 cm³/mol. The number of carbonyl (C=O) groups is 1. The van der Waals surface area contributed by atoms with E-state index in [4.69, 9.17) is 0 Å². The Morgan fingerprint density at radius 2 is 1.92 bits per heavy atom. The number of halogens is 1. The topological polar surface area (TPSA) is 51.2 Å². The predicted octanol–water partition coefficient (Wildman–Crippen LogP) is 4.45. The first-order valence-corrected chi connectivity index (χ1v) is 9.99. The number of Topliss-reactive ketones (excluding diaryl/α,β-unsaturated/α-hetero) is 1. The van der Waals surface area contributed by atoms with Crippen molar-refractivity contribution in [2.75, 3.05) is 0 Å². The minimum Gasteiger partial charge on any atom is -0.300 e. The Kier molecular flexibility index (Phi) is 5.04. The van der Waals surface area contributed by atoms with Gasteiger partial charge in [-0.1, -0.05) is 12.1 Å². The minimum absolute atomic E-state index is 0.0311. The number of hydrogen-bond donors (Lipinski definition) is 0. The zero-order valence-corrected chi connectivity index (χ0v) is 15.0. The van der Waals surface area contributed by atoms with E-state index in [-0.39, 0.29) is 15.6 Å². The standard InChI is InChI=1S/C20H21FO3S/c1-14(22)8-9-15-4-2-5-16-12-19(10-11-20(15)16)25(23,24)18-7-3-6-17(21)13-18/h3,6-7,10-13,15H,2,4-5,8-9H2,1H3/t15-/m0/s1. The third-order valence-electron chi connectivity index (χ3n) is 4.81. The van der Waals surface area contributed by atoms with Crippen molar-refractivity contribution in [3.8, 4) is 0 Å². The van der Waals surface area contributed by atoms with Crippen LogP contribution >= 0.6 is 0 Å². The molecule has 0 radical (unpaired) electrons. The first-order valence-electron chi connectivity index (χ1n) is 8.51. The number of aryl methyl sites for hydroxylation is 1. The van der Waals surface area contributed by atoms with E-state index in [1.54, 1.807) is 19.1 Å². The highest BCUT2D eigenvalue weighted by Crippen LogP contribution is 2.36. The highest BCUT2D eigenvalue weighted by atomic mass is 32.2. The van der Waals surface area contributed by atoms with Crippen molar-refractivity contribution in [3.05, 3.63) is 59.4 Å². The van der Waals surface area contributed by atoms with Crippen molar-refractivity contribution in [2.24, 2.45) is 0 Å². The summed E-state index contributed by atoms with van der Waals surface area (Å²) in [5, 5.41) is 0. The van der Waals surface area contributed by atoms with Crippen molar-refractivity contribution < 1.29 is 17.6 Å². The molecule has 2 aromatic carbocycles. The molecule has 0 unspecified atom stereocenters. The number of benzene rings is 2. The zero-order valence-electron chi connectivity index (χ0n) is 14.2. The molecule has 1 aliphatic rings. The molecule has 0 saturated carbocycles. The van der Waals surface area contributed by atoms with Gasteiger partial charge in [0.1, 0.15) is 11.6 Å². The SMILES string of the molecule is CC(=O)CC[C@@H]1CCCc2cc(S(=O)(=O)c3cccc(F)c3)ccc21. The van der Waals surface area contributed by atoms with Crippen molar-refractivity contribution in [1.29, 1.82) is 0 Å². The van der Waals surface area contributed by atoms with Crippen molar-refractivity contribution in [2.45, 2.75) is 54.7 Å². The molecular formula is C20H21FO3S. The molecule has 5 heteroatoms. The summed E-state index contributed by atoms with van der Waals surface area (Å²) in [7, 11) is -3.73. The summed E-state index contributed by atoms with van der Waals surface area (Å²) < 4.78 is 38.9. The molecule has 0 bridgehead atoms. The Bertz CT molecular complexity index is 903. The van der Waals surface area contributed by atoms with Crippen LogP contribution < -0.4 is 0 Å². The van der Waals surface area contributed by atoms with Crippen LogP contribution in [0.3, 0.4) is 0 Å². The molecule has 3 rings (SSSR count). The number of ketones is 1. The Hall–Kier alpha value is -2.01. The van der Waals surface area contributed by atoms with Crippen molar-refractivity contribution in [1.82, 2.24) is 0 Å². The second-order valence-corrected chi connectivity index (χ2v) is 8.60. The molecule has 1 atom stereocenters. The van der Waals surface area contributed by atoms with Crippen LogP contribution in [0.15, 0.2) is 52.3 Å². The molecule has 25 heavy (non-hydrogen) atoms. The molecule has 0 aliphatic heterocycles. The van der Waals surface area contributed by atoms with E-state index in [0.29, 0.717) is 12.3 Å². The second-order valence-electron chi connectivity index (χ2n) is 6.65. The van der Waals surface area contributed by atoms with Gasteiger partial charge < -0.3 is 4.79 Å². The maximum absolute atomic E-state index is 13.4. The molecule has 0 spiro atoms. The molecule has 0 amide bonds. The van der Waals surface area contributed by atoms with Gasteiger partial charge >= 0.3 is 0 Å². The van der Waals surface area contributed by atoms with E-state index in [2.05, 4.69) is 0 Å². The van der Waals surface area contributed by atoms with Gasteiger partial charge in [-0.15, -0.1) is 0 Å². The minimum atomic E-state index is -3.73. The van der Waals surface area contributed by atoms with Gasteiger partial charge in [0, 0.05) is 6.42 Å². The summed E-state index contributed by atoms with van der Waals surface area (Å²) in [5.41, 5.74) is 2.17. The van der Waals surface area contributed by atoms with E-state index in [1.807, 2.05) is 6.07 Å². The number of fused-ring (bicyclic) bond motifs is 1. The zero-order chi connectivity index (χ0) is 18.0. The molecule has 1 aliphatic carbocycles. The number of hydrogen-bond acceptors (Lipinski definition) is 3. The van der Waals surface area contributed by atoms with E-state index in [1.165, 1.54) is 18.2 Å². The third-order valence-corrected chi connectivity index (χ3v) is 6.56. The molecular weight excluding hydrogens is 339 g/mol. The molecule has 0 aromatic heterocycles. The lowest BCUT2D eigenvalue weighted by Crippen LogP contribution is -2.12.